The van der Waals surface area contributed by atoms with Gasteiger partial charge in [-0.05, 0) is 31.5 Å². The highest BCUT2D eigenvalue weighted by molar-refractivity contribution is 6.21. The molecule has 24 heavy (non-hydrogen) atoms. The van der Waals surface area contributed by atoms with Crippen molar-refractivity contribution in [1.82, 2.24) is 15.1 Å². The van der Waals surface area contributed by atoms with Gasteiger partial charge in [0.15, 0.2) is 0 Å². The number of imide groups is 1. The molecule has 2 aromatic rings. The molecule has 0 saturated heterocycles. The fourth-order valence-electron chi connectivity index (χ4n) is 2.44. The van der Waals surface area contributed by atoms with Crippen LogP contribution >= 0.6 is 0 Å². The molecule has 1 N–H and O–H groups in total. The molecule has 0 unspecified atom stereocenters. The van der Waals surface area contributed by atoms with Gasteiger partial charge >= 0.3 is 0 Å². The third-order valence-corrected chi connectivity index (χ3v) is 3.90. The van der Waals surface area contributed by atoms with Gasteiger partial charge in [0.05, 0.1) is 23.4 Å². The zero-order valence-corrected chi connectivity index (χ0v) is 13.4. The minimum atomic E-state index is -1.02. The Morgan fingerprint density at radius 2 is 1.75 bits per heavy atom. The van der Waals surface area contributed by atoms with Crippen molar-refractivity contribution < 1.29 is 19.4 Å². The summed E-state index contributed by atoms with van der Waals surface area (Å²) in [5.41, 5.74) is 2.44. The van der Waals surface area contributed by atoms with Gasteiger partial charge in [-0.25, -0.2) is 0 Å². The van der Waals surface area contributed by atoms with Crippen molar-refractivity contribution in [2.75, 3.05) is 13.2 Å². The quantitative estimate of drug-likeness (QED) is 0.828. The Hall–Kier alpha value is -2.80. The summed E-state index contributed by atoms with van der Waals surface area (Å²) in [5, 5.41) is 17.9. The summed E-state index contributed by atoms with van der Waals surface area (Å²) >= 11 is 0. The van der Waals surface area contributed by atoms with Crippen LogP contribution in [0.1, 0.15) is 32.0 Å². The fraction of sp³-hybridized carbons (Fsp3) is 0.294. The molecule has 124 valence electrons. The largest absolute Gasteiger partial charge is 0.474 e. The summed E-state index contributed by atoms with van der Waals surface area (Å²) in [6.07, 6.45) is -1.02. The van der Waals surface area contributed by atoms with Crippen LogP contribution in [-0.4, -0.2) is 51.3 Å². The van der Waals surface area contributed by atoms with E-state index in [0.29, 0.717) is 17.0 Å². The zero-order chi connectivity index (χ0) is 17.3. The van der Waals surface area contributed by atoms with E-state index in [1.54, 1.807) is 30.3 Å². The van der Waals surface area contributed by atoms with E-state index < -0.39 is 17.9 Å². The SMILES string of the molecule is Cc1cc(OC[C@H](O)CN2C(=O)c3ccccc3C2=O)nnc1C. The Labute approximate surface area is 138 Å². The van der Waals surface area contributed by atoms with Crippen molar-refractivity contribution >= 4 is 11.8 Å². The van der Waals surface area contributed by atoms with Crippen molar-refractivity contribution in [3.63, 3.8) is 0 Å². The summed E-state index contributed by atoms with van der Waals surface area (Å²) < 4.78 is 5.39. The number of amides is 2. The van der Waals surface area contributed by atoms with E-state index in [9.17, 15) is 14.7 Å². The summed E-state index contributed by atoms with van der Waals surface area (Å²) in [5.74, 6) is -0.513. The summed E-state index contributed by atoms with van der Waals surface area (Å²) in [4.78, 5) is 25.5. The van der Waals surface area contributed by atoms with E-state index in [1.807, 2.05) is 13.8 Å². The van der Waals surface area contributed by atoms with Crippen molar-refractivity contribution in [2.45, 2.75) is 20.0 Å². The molecule has 0 saturated carbocycles. The van der Waals surface area contributed by atoms with Crippen LogP contribution < -0.4 is 4.74 Å². The molecule has 0 fully saturated rings. The maximum atomic E-state index is 12.2. The summed E-state index contributed by atoms with van der Waals surface area (Å²) in [7, 11) is 0. The molecule has 0 radical (unpaired) electrons. The molecule has 1 aliphatic rings. The lowest BCUT2D eigenvalue weighted by atomic mass is 10.1. The fourth-order valence-corrected chi connectivity index (χ4v) is 2.44. The van der Waals surface area contributed by atoms with E-state index in [0.717, 1.165) is 16.2 Å². The van der Waals surface area contributed by atoms with Crippen LogP contribution in [-0.2, 0) is 0 Å². The van der Waals surface area contributed by atoms with Gasteiger partial charge in [-0.2, -0.15) is 5.10 Å². The van der Waals surface area contributed by atoms with Gasteiger partial charge in [-0.1, -0.05) is 12.1 Å². The zero-order valence-electron chi connectivity index (χ0n) is 13.4. The first kappa shape index (κ1) is 16.1. The molecule has 1 aromatic carbocycles. The maximum absolute atomic E-state index is 12.2. The number of hydrogen-bond acceptors (Lipinski definition) is 6. The highest BCUT2D eigenvalue weighted by Gasteiger charge is 2.36. The number of benzene rings is 1. The number of hydrogen-bond donors (Lipinski definition) is 1. The first-order valence-corrected chi connectivity index (χ1v) is 7.54. The minimum absolute atomic E-state index is 0.0927. The highest BCUT2D eigenvalue weighted by Crippen LogP contribution is 2.22. The number of aryl methyl sites for hydroxylation is 2. The molecule has 1 aromatic heterocycles. The predicted molar refractivity (Wildman–Crippen MR) is 84.8 cm³/mol. The number of rotatable bonds is 5. The van der Waals surface area contributed by atoms with Crippen LogP contribution in [0.25, 0.3) is 0 Å². The van der Waals surface area contributed by atoms with E-state index >= 15 is 0 Å². The van der Waals surface area contributed by atoms with Gasteiger partial charge in [-0.3, -0.25) is 14.5 Å². The van der Waals surface area contributed by atoms with Crippen LogP contribution in [0.2, 0.25) is 0 Å². The summed E-state index contributed by atoms with van der Waals surface area (Å²) in [6.45, 7) is 3.49. The minimum Gasteiger partial charge on any atom is -0.474 e. The first-order valence-electron chi connectivity index (χ1n) is 7.54. The molecule has 3 rings (SSSR count). The number of fused-ring (bicyclic) bond motifs is 1. The van der Waals surface area contributed by atoms with Crippen LogP contribution in [0.3, 0.4) is 0 Å². The highest BCUT2D eigenvalue weighted by atomic mass is 16.5. The molecule has 1 atom stereocenters. The Morgan fingerprint density at radius 1 is 1.12 bits per heavy atom. The number of aromatic nitrogens is 2. The molecule has 0 spiro atoms. The number of carbonyl (C=O) groups excluding carboxylic acids is 2. The van der Waals surface area contributed by atoms with Crippen LogP contribution in [0.5, 0.6) is 5.88 Å². The standard InChI is InChI=1S/C17H17N3O4/c1-10-7-15(19-18-11(10)2)24-9-12(21)8-20-16(22)13-5-3-4-6-14(13)17(20)23/h3-7,12,21H,8-9H2,1-2H3/t12-/m1/s1. The molecule has 7 nitrogen and oxygen atoms in total. The molecule has 2 amide bonds. The Balaban J connectivity index is 1.61. The molecular weight excluding hydrogens is 310 g/mol. The van der Waals surface area contributed by atoms with Crippen LogP contribution in [0.15, 0.2) is 30.3 Å². The van der Waals surface area contributed by atoms with E-state index in [-0.39, 0.29) is 13.2 Å². The van der Waals surface area contributed by atoms with Gasteiger partial charge in [0.2, 0.25) is 5.88 Å². The van der Waals surface area contributed by atoms with E-state index in [4.69, 9.17) is 4.74 Å². The van der Waals surface area contributed by atoms with Crippen LogP contribution in [0.4, 0.5) is 0 Å². The number of β-amino-alcohol motifs (C(OH)–C–C–N with tert-alkyl or cyclic N) is 1. The van der Waals surface area contributed by atoms with Crippen molar-refractivity contribution in [3.05, 3.63) is 52.7 Å². The first-order chi connectivity index (χ1) is 11.5. The maximum Gasteiger partial charge on any atom is 0.261 e. The lowest BCUT2D eigenvalue weighted by Gasteiger charge is -2.18. The third-order valence-electron chi connectivity index (χ3n) is 3.90. The number of carbonyl (C=O) groups is 2. The molecule has 7 heteroatoms. The monoisotopic (exact) mass is 327 g/mol. The van der Waals surface area contributed by atoms with Crippen molar-refractivity contribution in [1.29, 1.82) is 0 Å². The number of aliphatic hydroxyl groups excluding tert-OH is 1. The smallest absolute Gasteiger partial charge is 0.261 e. The van der Waals surface area contributed by atoms with Crippen molar-refractivity contribution in [3.8, 4) is 5.88 Å². The lowest BCUT2D eigenvalue weighted by Crippen LogP contribution is -2.39. The third kappa shape index (κ3) is 2.98. The van der Waals surface area contributed by atoms with Crippen molar-refractivity contribution in [2.24, 2.45) is 0 Å². The molecule has 1 aliphatic heterocycles. The topological polar surface area (TPSA) is 92.6 Å². The average Bonchev–Trinajstić information content (AvgIpc) is 2.81. The van der Waals surface area contributed by atoms with Gasteiger partial charge in [0.1, 0.15) is 12.7 Å². The Bertz CT molecular complexity index is 771. The van der Waals surface area contributed by atoms with Gasteiger partial charge < -0.3 is 9.84 Å². The Kier molecular flexibility index (Phi) is 4.26. The van der Waals surface area contributed by atoms with E-state index in [2.05, 4.69) is 10.2 Å². The van der Waals surface area contributed by atoms with Gasteiger partial charge in [-0.15, -0.1) is 5.10 Å². The molecule has 2 heterocycles. The average molecular weight is 327 g/mol. The second kappa shape index (κ2) is 6.37. The van der Waals surface area contributed by atoms with E-state index in [1.165, 1.54) is 0 Å². The lowest BCUT2D eigenvalue weighted by molar-refractivity contribution is 0.0451. The Morgan fingerprint density at radius 3 is 2.33 bits per heavy atom. The second-order valence-electron chi connectivity index (χ2n) is 5.68. The van der Waals surface area contributed by atoms with Gasteiger partial charge in [0.25, 0.3) is 11.8 Å². The number of nitrogens with zero attached hydrogens (tertiary/aromatic N) is 3. The normalized spacial score (nSPS) is 14.7. The molecule has 0 bridgehead atoms. The second-order valence-corrected chi connectivity index (χ2v) is 5.68. The predicted octanol–water partition coefficient (Wildman–Crippen LogP) is 1.13. The van der Waals surface area contributed by atoms with Gasteiger partial charge in [0, 0.05) is 6.07 Å². The number of aliphatic hydroxyl groups is 1. The molecular formula is C17H17N3O4. The summed E-state index contributed by atoms with van der Waals surface area (Å²) in [6, 6.07) is 8.32. The van der Waals surface area contributed by atoms with Crippen LogP contribution in [0, 0.1) is 13.8 Å². The molecule has 0 aliphatic carbocycles. The number of ether oxygens (including phenoxy) is 1.